The van der Waals surface area contributed by atoms with Gasteiger partial charge in [0.1, 0.15) is 0 Å². The third-order valence-electron chi connectivity index (χ3n) is 6.14. The third-order valence-corrected chi connectivity index (χ3v) is 7.24. The Hall–Kier alpha value is -1.61. The Kier molecular flexibility index (Phi) is 4.03. The molecule has 6 heteroatoms. The number of nitrogens with zero attached hydrogens (tertiary/aromatic N) is 2. The summed E-state index contributed by atoms with van der Waals surface area (Å²) in [4.78, 5) is 16.2. The van der Waals surface area contributed by atoms with Crippen molar-refractivity contribution in [1.29, 1.82) is 5.26 Å². The molecule has 1 amide bonds. The predicted octanol–water partition coefficient (Wildman–Crippen LogP) is 3.55. The summed E-state index contributed by atoms with van der Waals surface area (Å²) in [6.07, 6.45) is 4.88. The van der Waals surface area contributed by atoms with Crippen molar-refractivity contribution in [2.24, 2.45) is 5.92 Å². The summed E-state index contributed by atoms with van der Waals surface area (Å²) in [6.45, 7) is 2.41. The van der Waals surface area contributed by atoms with Crippen LogP contribution in [0.5, 0.6) is 0 Å². The van der Waals surface area contributed by atoms with E-state index in [2.05, 4.69) is 16.3 Å². The molecule has 0 unspecified atom stereocenters. The lowest BCUT2D eigenvalue weighted by molar-refractivity contribution is -0.00138. The Labute approximate surface area is 157 Å². The SMILES string of the molecule is Cl.N#Cc1ccc2cc(C(=O)N[C@@H]3C4CCN(CC4)C34CC4)sc2c1. The molecule has 130 valence electrons. The monoisotopic (exact) mass is 373 g/mol. The fourth-order valence-corrected chi connectivity index (χ4v) is 5.75. The van der Waals surface area contributed by atoms with Gasteiger partial charge in [0.05, 0.1) is 22.6 Å². The number of fused-ring (bicyclic) bond motifs is 3. The fourth-order valence-electron chi connectivity index (χ4n) is 4.75. The Balaban J connectivity index is 0.00000157. The summed E-state index contributed by atoms with van der Waals surface area (Å²) in [7, 11) is 0. The third kappa shape index (κ3) is 2.55. The van der Waals surface area contributed by atoms with Crippen molar-refractivity contribution in [3.8, 4) is 6.07 Å². The van der Waals surface area contributed by atoms with E-state index in [1.807, 2.05) is 24.3 Å². The molecule has 1 saturated carbocycles. The van der Waals surface area contributed by atoms with Crippen molar-refractivity contribution in [3.05, 3.63) is 34.7 Å². The van der Waals surface area contributed by atoms with Crippen LogP contribution in [0, 0.1) is 17.2 Å². The number of hydrogen-bond acceptors (Lipinski definition) is 4. The molecular formula is C19H20ClN3OS. The van der Waals surface area contributed by atoms with Crippen LogP contribution in [0.15, 0.2) is 24.3 Å². The summed E-state index contributed by atoms with van der Waals surface area (Å²) in [5.74, 6) is 0.695. The van der Waals surface area contributed by atoms with Gasteiger partial charge in [-0.15, -0.1) is 23.7 Å². The average molecular weight is 374 g/mol. The van der Waals surface area contributed by atoms with Gasteiger partial charge in [0.2, 0.25) is 0 Å². The topological polar surface area (TPSA) is 56.1 Å². The maximum absolute atomic E-state index is 12.8. The normalized spacial score (nSPS) is 28.4. The first kappa shape index (κ1) is 16.8. The Morgan fingerprint density at radius 1 is 1.28 bits per heavy atom. The lowest BCUT2D eigenvalue weighted by Crippen LogP contribution is -2.65. The first-order valence-corrected chi connectivity index (χ1v) is 9.51. The quantitative estimate of drug-likeness (QED) is 0.875. The van der Waals surface area contributed by atoms with Gasteiger partial charge in [-0.25, -0.2) is 0 Å². The van der Waals surface area contributed by atoms with E-state index >= 15 is 0 Å². The first-order valence-electron chi connectivity index (χ1n) is 8.69. The molecule has 6 rings (SSSR count). The Morgan fingerprint density at radius 3 is 2.72 bits per heavy atom. The minimum Gasteiger partial charge on any atom is -0.346 e. The van der Waals surface area contributed by atoms with Crippen LogP contribution in [0.2, 0.25) is 0 Å². The lowest BCUT2D eigenvalue weighted by Gasteiger charge is -2.52. The van der Waals surface area contributed by atoms with Crippen molar-refractivity contribution in [3.63, 3.8) is 0 Å². The fraction of sp³-hybridized carbons (Fsp3) is 0.474. The van der Waals surface area contributed by atoms with E-state index in [1.165, 1.54) is 50.1 Å². The first-order chi connectivity index (χ1) is 11.7. The molecule has 2 bridgehead atoms. The van der Waals surface area contributed by atoms with Gasteiger partial charge in [-0.3, -0.25) is 9.69 Å². The van der Waals surface area contributed by atoms with Gasteiger partial charge in [-0.2, -0.15) is 5.26 Å². The average Bonchev–Trinajstić information content (AvgIpc) is 3.27. The molecule has 4 fully saturated rings. The molecule has 1 aromatic carbocycles. The molecule has 4 heterocycles. The Bertz CT molecular complexity index is 874. The van der Waals surface area contributed by atoms with Gasteiger partial charge in [-0.1, -0.05) is 6.07 Å². The molecule has 1 aliphatic carbocycles. The second-order valence-corrected chi connectivity index (χ2v) is 8.44. The summed E-state index contributed by atoms with van der Waals surface area (Å²) in [5, 5.41) is 13.4. The van der Waals surface area contributed by atoms with Crippen LogP contribution < -0.4 is 5.32 Å². The van der Waals surface area contributed by atoms with Gasteiger partial charge in [-0.05, 0) is 68.3 Å². The predicted molar refractivity (Wildman–Crippen MR) is 101 cm³/mol. The molecule has 2 aromatic rings. The molecule has 4 nitrogen and oxygen atoms in total. The molecular weight excluding hydrogens is 354 g/mol. The minimum absolute atomic E-state index is 0. The van der Waals surface area contributed by atoms with E-state index in [0.717, 1.165) is 15.0 Å². The Morgan fingerprint density at radius 2 is 2.04 bits per heavy atom. The van der Waals surface area contributed by atoms with Crippen LogP contribution >= 0.6 is 23.7 Å². The van der Waals surface area contributed by atoms with Gasteiger partial charge in [0.15, 0.2) is 0 Å². The number of amides is 1. The van der Waals surface area contributed by atoms with E-state index < -0.39 is 0 Å². The highest BCUT2D eigenvalue weighted by atomic mass is 35.5. The highest BCUT2D eigenvalue weighted by molar-refractivity contribution is 7.20. The molecule has 1 N–H and O–H groups in total. The smallest absolute Gasteiger partial charge is 0.261 e. The van der Waals surface area contributed by atoms with E-state index in [0.29, 0.717) is 17.5 Å². The summed E-state index contributed by atoms with van der Waals surface area (Å²) in [5.41, 5.74) is 0.909. The van der Waals surface area contributed by atoms with Crippen LogP contribution in [0.25, 0.3) is 10.1 Å². The number of hydrogen-bond donors (Lipinski definition) is 1. The molecule has 1 spiro atoms. The number of carbonyl (C=O) groups excluding carboxylic acids is 1. The molecule has 3 aliphatic heterocycles. The highest BCUT2D eigenvalue weighted by Gasteiger charge is 2.60. The second-order valence-electron chi connectivity index (χ2n) is 7.35. The number of nitriles is 1. The van der Waals surface area contributed by atoms with E-state index in [4.69, 9.17) is 5.26 Å². The van der Waals surface area contributed by atoms with Gasteiger partial charge < -0.3 is 5.32 Å². The zero-order chi connectivity index (χ0) is 16.3. The number of nitrogens with one attached hydrogen (secondary N) is 1. The van der Waals surface area contributed by atoms with Gasteiger partial charge in [0, 0.05) is 10.2 Å². The molecule has 3 saturated heterocycles. The van der Waals surface area contributed by atoms with Crippen molar-refractivity contribution >= 4 is 39.7 Å². The number of halogens is 1. The largest absolute Gasteiger partial charge is 0.346 e. The van der Waals surface area contributed by atoms with Crippen molar-refractivity contribution in [2.45, 2.75) is 37.3 Å². The highest BCUT2D eigenvalue weighted by Crippen LogP contribution is 2.53. The molecule has 4 aliphatic rings. The van der Waals surface area contributed by atoms with Crippen LogP contribution in [0.3, 0.4) is 0 Å². The van der Waals surface area contributed by atoms with Crippen LogP contribution in [-0.2, 0) is 0 Å². The van der Waals surface area contributed by atoms with E-state index in [9.17, 15) is 4.79 Å². The van der Waals surface area contributed by atoms with Crippen molar-refractivity contribution in [2.75, 3.05) is 13.1 Å². The number of carbonyl (C=O) groups is 1. The molecule has 0 radical (unpaired) electrons. The second kappa shape index (κ2) is 5.98. The standard InChI is InChI=1S/C19H19N3OS.ClH/c20-11-12-1-2-14-10-16(24-15(14)9-12)18(23)21-17-13-3-7-22(8-4-13)19(17)5-6-19;/h1-2,9-10,13,17H,3-8H2,(H,21,23);1H/t17-;/m1./s1. The summed E-state index contributed by atoms with van der Waals surface area (Å²) in [6, 6.07) is 10.0. The zero-order valence-electron chi connectivity index (χ0n) is 13.8. The number of piperidine rings is 3. The number of thiophene rings is 1. The van der Waals surface area contributed by atoms with Gasteiger partial charge in [0.25, 0.3) is 5.91 Å². The summed E-state index contributed by atoms with van der Waals surface area (Å²) >= 11 is 1.49. The maximum atomic E-state index is 12.8. The van der Waals surface area contributed by atoms with E-state index in [1.54, 1.807) is 0 Å². The molecule has 1 aromatic heterocycles. The minimum atomic E-state index is 0. The maximum Gasteiger partial charge on any atom is 0.261 e. The van der Waals surface area contributed by atoms with Crippen LogP contribution in [0.4, 0.5) is 0 Å². The van der Waals surface area contributed by atoms with Crippen molar-refractivity contribution in [1.82, 2.24) is 10.2 Å². The zero-order valence-corrected chi connectivity index (χ0v) is 15.5. The van der Waals surface area contributed by atoms with Crippen molar-refractivity contribution < 1.29 is 4.79 Å². The number of rotatable bonds is 2. The molecule has 25 heavy (non-hydrogen) atoms. The van der Waals surface area contributed by atoms with Crippen LogP contribution in [-0.4, -0.2) is 35.5 Å². The van der Waals surface area contributed by atoms with Gasteiger partial charge >= 0.3 is 0 Å². The number of benzene rings is 1. The lowest BCUT2D eigenvalue weighted by atomic mass is 9.77. The van der Waals surface area contributed by atoms with Crippen LogP contribution in [0.1, 0.15) is 40.9 Å². The van der Waals surface area contributed by atoms with E-state index in [-0.39, 0.29) is 23.9 Å². The molecule has 1 atom stereocenters. The summed E-state index contributed by atoms with van der Waals surface area (Å²) < 4.78 is 1.01.